The number of nitrogens with zero attached hydrogens (tertiary/aromatic N) is 3. The van der Waals surface area contributed by atoms with E-state index in [-0.39, 0.29) is 42.0 Å². The van der Waals surface area contributed by atoms with Crippen molar-refractivity contribution in [2.45, 2.75) is 51.2 Å². The number of pyridine rings is 1. The molecule has 5 rings (SSSR count). The van der Waals surface area contributed by atoms with Gasteiger partial charge in [0.05, 0.1) is 12.1 Å². The van der Waals surface area contributed by atoms with Crippen LogP contribution in [0.2, 0.25) is 0 Å². The monoisotopic (exact) mass is 435 g/mol. The van der Waals surface area contributed by atoms with Crippen LogP contribution in [-0.4, -0.2) is 57.7 Å². The summed E-state index contributed by atoms with van der Waals surface area (Å²) in [5.74, 6) is 0.0888. The molecule has 1 aromatic heterocycles. The lowest BCUT2D eigenvalue weighted by atomic mass is 9.88. The highest BCUT2D eigenvalue weighted by Crippen LogP contribution is 2.49. The number of likely N-dealkylation sites (tertiary alicyclic amines) is 2. The fourth-order valence-electron chi connectivity index (χ4n) is 6.24. The molecule has 2 aromatic rings. The third-order valence-electron chi connectivity index (χ3n) is 7.68. The second-order valence-electron chi connectivity index (χ2n) is 9.48. The molecule has 1 amide bonds. The minimum absolute atomic E-state index is 0.00311. The summed E-state index contributed by atoms with van der Waals surface area (Å²) in [5.41, 5.74) is 2.64. The van der Waals surface area contributed by atoms with Crippen LogP contribution >= 0.6 is 0 Å². The molecule has 0 aliphatic carbocycles. The number of piperidine rings is 1. The van der Waals surface area contributed by atoms with Crippen LogP contribution in [0.4, 0.5) is 0 Å². The third-order valence-corrected chi connectivity index (χ3v) is 7.68. The Morgan fingerprint density at radius 1 is 1.06 bits per heavy atom. The van der Waals surface area contributed by atoms with Crippen LogP contribution in [0.3, 0.4) is 0 Å². The number of aromatic nitrogens is 1. The predicted octanol–water partition coefficient (Wildman–Crippen LogP) is 2.90. The topological polar surface area (TPSA) is 65.8 Å². The van der Waals surface area contributed by atoms with Gasteiger partial charge >= 0.3 is 0 Å². The molecule has 0 bridgehead atoms. The minimum Gasteiger partial charge on any atom is -0.396 e. The van der Waals surface area contributed by atoms with Crippen LogP contribution < -0.4 is 5.56 Å². The van der Waals surface area contributed by atoms with E-state index in [1.807, 2.05) is 45.9 Å². The Balaban J connectivity index is 1.53. The number of carbonyl (C=O) groups is 1. The first kappa shape index (κ1) is 21.4. The number of hydrogen-bond donors (Lipinski definition) is 1. The Morgan fingerprint density at radius 2 is 1.81 bits per heavy atom. The maximum atomic E-state index is 13.6. The van der Waals surface area contributed by atoms with Crippen molar-refractivity contribution >= 4 is 5.91 Å². The maximum absolute atomic E-state index is 13.6. The maximum Gasteiger partial charge on any atom is 0.258 e. The van der Waals surface area contributed by atoms with Crippen molar-refractivity contribution < 1.29 is 9.90 Å². The standard InChI is InChI=1S/C26H33N3O3/c1-2-13-28-23-20(21(17-30)24(28)26(32)27-14-7-4-8-15-27)16-29-22(23)12-11-19(25(29)31)18-9-5-3-6-10-18/h3,5-6,9-12,20-21,23-24,30H,2,4,7-8,13-17H2,1H3/t20-,21-,23+,24-/m1/s1. The molecular weight excluding hydrogens is 402 g/mol. The van der Waals surface area contributed by atoms with Gasteiger partial charge in [0, 0.05) is 49.3 Å². The number of fused-ring (bicyclic) bond motifs is 3. The fourth-order valence-corrected chi connectivity index (χ4v) is 6.24. The number of rotatable bonds is 5. The van der Waals surface area contributed by atoms with Gasteiger partial charge in [0.15, 0.2) is 0 Å². The molecule has 170 valence electrons. The highest BCUT2D eigenvalue weighted by molar-refractivity contribution is 5.83. The van der Waals surface area contributed by atoms with E-state index in [0.29, 0.717) is 12.1 Å². The normalized spacial score (nSPS) is 27.4. The summed E-state index contributed by atoms with van der Waals surface area (Å²) in [6, 6.07) is 13.5. The van der Waals surface area contributed by atoms with Crippen LogP contribution in [0, 0.1) is 11.8 Å². The zero-order valence-corrected chi connectivity index (χ0v) is 18.8. The van der Waals surface area contributed by atoms with Gasteiger partial charge in [-0.25, -0.2) is 0 Å². The van der Waals surface area contributed by atoms with Gasteiger partial charge in [-0.3, -0.25) is 14.5 Å². The molecule has 2 saturated heterocycles. The summed E-state index contributed by atoms with van der Waals surface area (Å²) in [6.45, 7) is 5.09. The van der Waals surface area contributed by atoms with Crippen molar-refractivity contribution in [3.05, 3.63) is 58.5 Å². The van der Waals surface area contributed by atoms with E-state index < -0.39 is 0 Å². The van der Waals surface area contributed by atoms with Crippen molar-refractivity contribution in [1.29, 1.82) is 0 Å². The number of hydrogen-bond acceptors (Lipinski definition) is 4. The van der Waals surface area contributed by atoms with E-state index in [2.05, 4.69) is 17.9 Å². The molecule has 2 fully saturated rings. The smallest absolute Gasteiger partial charge is 0.258 e. The van der Waals surface area contributed by atoms with Crippen LogP contribution in [0.5, 0.6) is 0 Å². The lowest BCUT2D eigenvalue weighted by Gasteiger charge is -2.36. The van der Waals surface area contributed by atoms with Crippen molar-refractivity contribution in [1.82, 2.24) is 14.4 Å². The Kier molecular flexibility index (Phi) is 5.91. The van der Waals surface area contributed by atoms with Crippen LogP contribution in [-0.2, 0) is 11.3 Å². The first-order valence-electron chi connectivity index (χ1n) is 12.1. The van der Waals surface area contributed by atoms with Crippen molar-refractivity contribution in [2.24, 2.45) is 11.8 Å². The van der Waals surface area contributed by atoms with Crippen molar-refractivity contribution in [3.63, 3.8) is 0 Å². The average molecular weight is 436 g/mol. The average Bonchev–Trinajstić information content (AvgIpc) is 3.36. The third kappa shape index (κ3) is 3.41. The molecule has 0 radical (unpaired) electrons. The Bertz CT molecular complexity index is 1030. The van der Waals surface area contributed by atoms with Gasteiger partial charge in [0.25, 0.3) is 5.56 Å². The Hall–Kier alpha value is -2.44. The van der Waals surface area contributed by atoms with Gasteiger partial charge < -0.3 is 14.6 Å². The van der Waals surface area contributed by atoms with Gasteiger partial charge in [-0.05, 0) is 49.9 Å². The second kappa shape index (κ2) is 8.83. The molecule has 3 aliphatic heterocycles. The molecule has 0 spiro atoms. The first-order chi connectivity index (χ1) is 15.7. The van der Waals surface area contributed by atoms with E-state index in [4.69, 9.17) is 0 Å². The molecule has 6 nitrogen and oxygen atoms in total. The largest absolute Gasteiger partial charge is 0.396 e. The minimum atomic E-state index is -0.300. The van der Waals surface area contributed by atoms with Gasteiger partial charge in [0.2, 0.25) is 5.91 Å². The summed E-state index contributed by atoms with van der Waals surface area (Å²) < 4.78 is 1.89. The predicted molar refractivity (Wildman–Crippen MR) is 124 cm³/mol. The van der Waals surface area contributed by atoms with Gasteiger partial charge in [-0.2, -0.15) is 0 Å². The van der Waals surface area contributed by atoms with Crippen molar-refractivity contribution in [2.75, 3.05) is 26.2 Å². The Morgan fingerprint density at radius 3 is 2.50 bits per heavy atom. The fraction of sp³-hybridized carbons (Fsp3) is 0.538. The van der Waals surface area contributed by atoms with Crippen LogP contribution in [0.25, 0.3) is 11.1 Å². The highest BCUT2D eigenvalue weighted by atomic mass is 16.3. The number of amides is 1. The summed E-state index contributed by atoms with van der Waals surface area (Å²) in [5, 5.41) is 10.4. The molecule has 32 heavy (non-hydrogen) atoms. The van der Waals surface area contributed by atoms with E-state index in [1.165, 1.54) is 6.42 Å². The summed E-state index contributed by atoms with van der Waals surface area (Å²) in [7, 11) is 0. The lowest BCUT2D eigenvalue weighted by Crippen LogP contribution is -2.51. The summed E-state index contributed by atoms with van der Waals surface area (Å²) >= 11 is 0. The first-order valence-corrected chi connectivity index (χ1v) is 12.1. The van der Waals surface area contributed by atoms with Gasteiger partial charge in [-0.15, -0.1) is 0 Å². The van der Waals surface area contributed by atoms with Crippen molar-refractivity contribution in [3.8, 4) is 11.1 Å². The molecule has 4 atom stereocenters. The van der Waals surface area contributed by atoms with Crippen LogP contribution in [0.1, 0.15) is 44.3 Å². The molecule has 4 heterocycles. The zero-order chi connectivity index (χ0) is 22.2. The quantitative estimate of drug-likeness (QED) is 0.784. The number of carbonyl (C=O) groups excluding carboxylic acids is 1. The SMILES string of the molecule is CCCN1[C@@H]2c3ccc(-c4ccccc4)c(=O)n3C[C@@H]2[C@@H](CO)[C@@H]1C(=O)N1CCCCC1. The van der Waals surface area contributed by atoms with E-state index >= 15 is 0 Å². The number of aliphatic hydroxyl groups is 1. The van der Waals surface area contributed by atoms with Crippen LogP contribution in [0.15, 0.2) is 47.3 Å². The molecule has 3 aliphatic rings. The molecule has 1 N–H and O–H groups in total. The molecular formula is C26H33N3O3. The van der Waals surface area contributed by atoms with E-state index in [0.717, 1.165) is 50.2 Å². The molecule has 0 unspecified atom stereocenters. The van der Waals surface area contributed by atoms with Gasteiger partial charge in [-0.1, -0.05) is 37.3 Å². The lowest BCUT2D eigenvalue weighted by molar-refractivity contribution is -0.139. The van der Waals surface area contributed by atoms with E-state index in [9.17, 15) is 14.7 Å². The molecule has 1 aromatic carbocycles. The Labute approximate surface area is 189 Å². The summed E-state index contributed by atoms with van der Waals surface area (Å²) in [6.07, 6.45) is 4.23. The number of benzene rings is 1. The second-order valence-corrected chi connectivity index (χ2v) is 9.48. The molecule has 0 saturated carbocycles. The highest BCUT2D eigenvalue weighted by Gasteiger charge is 2.55. The molecule has 6 heteroatoms. The zero-order valence-electron chi connectivity index (χ0n) is 18.8. The van der Waals surface area contributed by atoms with Gasteiger partial charge in [0.1, 0.15) is 0 Å². The van der Waals surface area contributed by atoms with E-state index in [1.54, 1.807) is 0 Å². The number of aliphatic hydroxyl groups excluding tert-OH is 1. The summed E-state index contributed by atoms with van der Waals surface area (Å²) in [4.78, 5) is 31.3.